The minimum Gasteiger partial charge on any atom is -0.481 e. The van der Waals surface area contributed by atoms with Crippen LogP contribution in [0.5, 0.6) is 0 Å². The van der Waals surface area contributed by atoms with Crippen molar-refractivity contribution >= 4 is 11.9 Å². The molecule has 19 N–H and O–H groups in total. The predicted octanol–water partition coefficient (Wildman–Crippen LogP) is -6.44. The maximum absolute atomic E-state index is 15.7. The van der Waals surface area contributed by atoms with Crippen LogP contribution in [0.15, 0.2) is 11.6 Å². The summed E-state index contributed by atoms with van der Waals surface area (Å²) in [4.78, 5) is 29.8. The lowest BCUT2D eigenvalue weighted by atomic mass is 9.33. The number of rotatable bonds is 18. The Balaban J connectivity index is 0.846. The Labute approximate surface area is 552 Å². The number of hydrogen-bond donors (Lipinski definition) is 19. The number of aliphatic hydroxyl groups is 18. The van der Waals surface area contributed by atoms with E-state index in [0.717, 1.165) is 5.57 Å². The monoisotopic (exact) mass is 1380 g/mol. The molecule has 96 heavy (non-hydrogen) atoms. The molecule has 0 aromatic carbocycles. The molecule has 0 bridgehead atoms. The number of esters is 1. The van der Waals surface area contributed by atoms with Gasteiger partial charge in [-0.25, -0.2) is 0 Å². The lowest BCUT2D eigenvalue weighted by molar-refractivity contribution is -0.373. The first-order valence-corrected chi connectivity index (χ1v) is 33.3. The summed E-state index contributed by atoms with van der Waals surface area (Å²) in [5, 5.41) is 209. The number of allylic oxidation sites excluding steroid dienone is 2. The zero-order valence-electron chi connectivity index (χ0n) is 54.5. The summed E-state index contributed by atoms with van der Waals surface area (Å²) in [7, 11) is 0. The van der Waals surface area contributed by atoms with Gasteiger partial charge in [-0.05, 0) is 105 Å². The van der Waals surface area contributed by atoms with Crippen LogP contribution in [0, 0.1) is 50.2 Å². The minimum atomic E-state index is -2.04. The maximum atomic E-state index is 15.7. The number of aliphatic carboxylic acids is 1. The average molecular weight is 1390 g/mol. The van der Waals surface area contributed by atoms with E-state index in [1.807, 2.05) is 27.7 Å². The Morgan fingerprint density at radius 3 is 1.47 bits per heavy atom. The van der Waals surface area contributed by atoms with Crippen molar-refractivity contribution in [1.29, 1.82) is 0 Å². The van der Waals surface area contributed by atoms with E-state index in [0.29, 0.717) is 25.7 Å². The molecular weight excluding hydrogens is 1280 g/mol. The number of ether oxygens (including phenoxy) is 12. The highest BCUT2D eigenvalue weighted by Gasteiger charge is 2.75. The van der Waals surface area contributed by atoms with Crippen LogP contribution in [0.1, 0.15) is 99.8 Å². The Morgan fingerprint density at radius 2 is 0.927 bits per heavy atom. The van der Waals surface area contributed by atoms with Crippen LogP contribution < -0.4 is 0 Å². The second kappa shape index (κ2) is 27.6. The van der Waals surface area contributed by atoms with Gasteiger partial charge in [0.25, 0.3) is 0 Å². The molecule has 0 radical (unpaired) electrons. The number of hydrogen-bond acceptors (Lipinski definition) is 32. The van der Waals surface area contributed by atoms with Crippen LogP contribution >= 0.6 is 0 Å². The third-order valence-corrected chi connectivity index (χ3v) is 24.7. The summed E-state index contributed by atoms with van der Waals surface area (Å²) in [6, 6.07) is 0. The van der Waals surface area contributed by atoms with E-state index in [2.05, 4.69) is 13.0 Å². The van der Waals surface area contributed by atoms with E-state index in [9.17, 15) is 102 Å². The number of aliphatic hydroxyl groups excluding tert-OH is 18. The third kappa shape index (κ3) is 12.0. The van der Waals surface area contributed by atoms with Crippen molar-refractivity contribution in [2.24, 2.45) is 50.2 Å². The highest BCUT2D eigenvalue weighted by atomic mass is 16.8. The van der Waals surface area contributed by atoms with Crippen LogP contribution in [0.3, 0.4) is 0 Å². The topological polar surface area (TPSA) is 529 Å². The van der Waals surface area contributed by atoms with E-state index in [1.165, 1.54) is 13.8 Å². The van der Waals surface area contributed by atoms with Gasteiger partial charge < -0.3 is 154 Å². The molecular formula is C63H100O33. The molecule has 5 aliphatic carbocycles. The van der Waals surface area contributed by atoms with Crippen LogP contribution in [-0.2, 0) is 66.4 Å². The van der Waals surface area contributed by atoms with E-state index in [1.54, 1.807) is 0 Å². The SMILES string of the molecule is C[C@@H]1O[C@@H](O[C@@H]2[C@@H](OC(=O)[C@]34CCC(C)(C)C[C@H]3C3=CC[C@@H]5[C@@]6(C)C[C@H](O)[C@H](O[C@@H]7O[C@H](CO)[C@@H](O)[C@H](O[C@@H]8O[C@H](CO)[C@@H](O)[C@H](O)[C@H]8O)[C@H]7O)[C@@](C)(C(=O)O)[C@@H]6CC[C@@]5(C)[C@]3(C)C[C@H]4O)O[C@H](CO)[C@H]2O)[C@H](O)[C@H](O[C@H]2O[C@H](CO)[C@@H](O)[C@@H]2O)[C@H]1O[C@@H]1O[C@H](CO)[C@H](O)[C@H]1O. The molecule has 33 heteroatoms. The van der Waals surface area contributed by atoms with E-state index < -0.39 is 279 Å². The van der Waals surface area contributed by atoms with Gasteiger partial charge >= 0.3 is 11.9 Å². The van der Waals surface area contributed by atoms with Gasteiger partial charge in [-0.2, -0.15) is 0 Å². The lowest BCUT2D eigenvalue weighted by Crippen LogP contribution is -2.71. The number of carbonyl (C=O) groups excluding carboxylic acids is 1. The quantitative estimate of drug-likeness (QED) is 0.0345. The molecule has 11 rings (SSSR count). The summed E-state index contributed by atoms with van der Waals surface area (Å²) < 4.78 is 71.4. The highest BCUT2D eigenvalue weighted by Crippen LogP contribution is 2.76. The average Bonchev–Trinajstić information content (AvgIpc) is 0.834. The van der Waals surface area contributed by atoms with E-state index >= 15 is 4.79 Å². The fourth-order valence-corrected chi connectivity index (χ4v) is 19.0. The van der Waals surface area contributed by atoms with Crippen molar-refractivity contribution in [3.8, 4) is 0 Å². The zero-order valence-corrected chi connectivity index (χ0v) is 54.5. The lowest BCUT2D eigenvalue weighted by Gasteiger charge is -2.71. The molecule has 10 fully saturated rings. The molecule has 6 heterocycles. The van der Waals surface area contributed by atoms with Crippen LogP contribution in [-0.4, -0.2) is 326 Å². The second-order valence-electron chi connectivity index (χ2n) is 30.4. The number of carbonyl (C=O) groups is 2. The normalized spacial score (nSPS) is 54.7. The molecule has 11 aliphatic rings. The first-order chi connectivity index (χ1) is 45.1. The first kappa shape index (κ1) is 74.7. The third-order valence-electron chi connectivity index (χ3n) is 24.7. The van der Waals surface area contributed by atoms with Crippen LogP contribution in [0.4, 0.5) is 0 Å². The largest absolute Gasteiger partial charge is 0.481 e. The molecule has 33 nitrogen and oxygen atoms in total. The molecule has 0 aromatic rings. The second-order valence-corrected chi connectivity index (χ2v) is 30.4. The summed E-state index contributed by atoms with van der Waals surface area (Å²) in [6.07, 6.45) is -47.1. The molecule has 38 atom stereocenters. The fourth-order valence-electron chi connectivity index (χ4n) is 19.0. The predicted molar refractivity (Wildman–Crippen MR) is 313 cm³/mol. The Kier molecular flexibility index (Phi) is 21.5. The highest BCUT2D eigenvalue weighted by molar-refractivity contribution is 5.80. The fraction of sp³-hybridized carbons (Fsp3) is 0.937. The maximum Gasteiger partial charge on any atom is 0.317 e. The Morgan fingerprint density at radius 1 is 0.479 bits per heavy atom. The van der Waals surface area contributed by atoms with Crippen molar-refractivity contribution in [3.05, 3.63) is 11.6 Å². The first-order valence-electron chi connectivity index (χ1n) is 33.3. The standard InChI is InChI=1S/C63H100O33/c1-22-45(91-50-40(77)35(72)27(18-65)87-50)47(93-51-41(78)36(73)28(19-66)88-51)44(81)53(85-22)94-48-38(75)30(21-68)90-55(48)96-57(84)63-13-12-58(2,3)14-24(63)23-8-9-31-59(4)15-25(69)49(62(7,56(82)83)32(59)10-11-60(31,5)61(23,6)16-33(63)70)95-54-43(80)46(37(74)29(20-67)89-54)92-52-42(79)39(76)34(71)26(17-64)86-52/h8,22,24-55,64-81H,9-21H2,1-7H3,(H,82,83)/t22-,24-,25-,26+,27+,28+,29+,30+,31+,32+,33+,34+,35-,36+,37+,38+,39-,40+,41-,42+,43+,44+,45-,46-,47-,48-,49-,50-,51+,52-,53-,54-,55+,59+,60+,61+,62-,63+/m0/s1. The molecule has 0 aromatic heterocycles. The van der Waals surface area contributed by atoms with Crippen molar-refractivity contribution in [2.75, 3.05) is 33.0 Å². The van der Waals surface area contributed by atoms with Gasteiger partial charge in [-0.1, -0.05) is 46.3 Å². The summed E-state index contributed by atoms with van der Waals surface area (Å²) in [5.74, 6) is -4.17. The van der Waals surface area contributed by atoms with Crippen LogP contribution in [0.2, 0.25) is 0 Å². The summed E-state index contributed by atoms with van der Waals surface area (Å²) in [5.41, 5.74) is -5.91. The number of carboxylic acid groups (broad SMARTS) is 1. The van der Waals surface area contributed by atoms with Gasteiger partial charge in [-0.15, -0.1) is 0 Å². The van der Waals surface area contributed by atoms with Crippen LogP contribution in [0.25, 0.3) is 0 Å². The zero-order chi connectivity index (χ0) is 70.2. The molecule has 4 saturated carbocycles. The minimum absolute atomic E-state index is 0.0137. The number of fused-ring (bicyclic) bond motifs is 7. The van der Waals surface area contributed by atoms with Gasteiger partial charge in [0.1, 0.15) is 127 Å². The molecule has 0 unspecified atom stereocenters. The summed E-state index contributed by atoms with van der Waals surface area (Å²) >= 11 is 0. The van der Waals surface area contributed by atoms with Gasteiger partial charge in [0, 0.05) is 0 Å². The van der Waals surface area contributed by atoms with Crippen molar-refractivity contribution in [1.82, 2.24) is 0 Å². The van der Waals surface area contributed by atoms with E-state index in [-0.39, 0.29) is 25.7 Å². The Bertz CT molecular complexity index is 2770. The molecule has 0 spiro atoms. The van der Waals surface area contributed by atoms with Crippen molar-refractivity contribution in [2.45, 2.75) is 284 Å². The van der Waals surface area contributed by atoms with Gasteiger partial charge in [0.15, 0.2) is 37.6 Å². The van der Waals surface area contributed by atoms with Gasteiger partial charge in [0.2, 0.25) is 6.29 Å². The van der Waals surface area contributed by atoms with Gasteiger partial charge in [-0.3, -0.25) is 9.59 Å². The van der Waals surface area contributed by atoms with Crippen molar-refractivity contribution < 1.29 is 163 Å². The van der Waals surface area contributed by atoms with E-state index in [4.69, 9.17) is 56.8 Å². The van der Waals surface area contributed by atoms with Gasteiger partial charge in [0.05, 0.1) is 56.8 Å². The Hall–Kier alpha value is -2.48. The molecule has 6 saturated heterocycles. The number of carboxylic acids is 1. The summed E-state index contributed by atoms with van der Waals surface area (Å²) in [6.45, 7) is 8.98. The smallest absolute Gasteiger partial charge is 0.317 e. The molecule has 0 amide bonds. The van der Waals surface area contributed by atoms with Crippen molar-refractivity contribution in [3.63, 3.8) is 0 Å². The molecule has 550 valence electrons. The molecule has 6 aliphatic heterocycles.